The van der Waals surface area contributed by atoms with E-state index in [2.05, 4.69) is 123 Å². The van der Waals surface area contributed by atoms with Crippen LogP contribution in [0.25, 0.3) is 0 Å². The lowest BCUT2D eigenvalue weighted by molar-refractivity contribution is -0.138. The van der Waals surface area contributed by atoms with Gasteiger partial charge in [0.15, 0.2) is 0 Å². The summed E-state index contributed by atoms with van der Waals surface area (Å²) >= 11 is 0. The number of nitrogens with zero attached hydrogens (tertiary/aromatic N) is 6. The summed E-state index contributed by atoms with van der Waals surface area (Å²) in [6, 6.07) is 0. The normalized spacial score (nSPS) is 13.6. The standard InChI is InChI=1S/C11H22N2.C8H16N2.C5H10N2.3C3H6O2/c1-3-5-7-12-9-10-13(11-12)8-6-4-2;1-3-4-5-10-7-6-9(2)8-10;1-6-3-4-7(2)5-6;3*1-3(4)5-2/h9-10H,3-8,11H2,1-2H3;6-7H,3-5,8H2,1-2H3;3-4H,5H2,1-2H3;3*1-2H3. The van der Waals surface area contributed by atoms with E-state index in [9.17, 15) is 14.4 Å². The largest absolute Gasteiger partial charge is 0.469 e. The lowest BCUT2D eigenvalue weighted by atomic mass is 10.3. The Bertz CT molecular complexity index is 764. The Kier molecular flexibility index (Phi) is 32.4. The highest BCUT2D eigenvalue weighted by Gasteiger charge is 2.10. The van der Waals surface area contributed by atoms with Crippen LogP contribution in [0.4, 0.5) is 0 Å². The molecule has 0 aromatic carbocycles. The van der Waals surface area contributed by atoms with Crippen molar-refractivity contribution in [2.75, 3.05) is 82.1 Å². The second-order valence-electron chi connectivity index (χ2n) is 10.7. The van der Waals surface area contributed by atoms with Crippen LogP contribution < -0.4 is 0 Å². The topological polar surface area (TPSA) is 98.3 Å². The minimum atomic E-state index is -0.245. The van der Waals surface area contributed by atoms with Crippen LogP contribution in [-0.2, 0) is 28.6 Å². The Hall–Kier alpha value is -3.57. The molecule has 0 spiro atoms. The molecule has 264 valence electrons. The molecule has 0 fully saturated rings. The quantitative estimate of drug-likeness (QED) is 0.252. The van der Waals surface area contributed by atoms with Gasteiger partial charge in [-0.2, -0.15) is 0 Å². The van der Waals surface area contributed by atoms with Gasteiger partial charge in [0.25, 0.3) is 0 Å². The van der Waals surface area contributed by atoms with Gasteiger partial charge in [-0.1, -0.05) is 40.0 Å². The minimum absolute atomic E-state index is 0.245. The highest BCUT2D eigenvalue weighted by Crippen LogP contribution is 2.08. The van der Waals surface area contributed by atoms with Gasteiger partial charge in [-0.25, -0.2) is 0 Å². The molecule has 3 aliphatic heterocycles. The minimum Gasteiger partial charge on any atom is -0.469 e. The number of hydrogen-bond donors (Lipinski definition) is 0. The first-order valence-corrected chi connectivity index (χ1v) is 15.8. The molecule has 0 unspecified atom stereocenters. The molecule has 0 bridgehead atoms. The van der Waals surface area contributed by atoms with E-state index in [-0.39, 0.29) is 17.9 Å². The fraction of sp³-hybridized carbons (Fsp3) is 0.727. The number of hydrogen-bond acceptors (Lipinski definition) is 12. The molecule has 0 aromatic heterocycles. The summed E-state index contributed by atoms with van der Waals surface area (Å²) in [6.07, 6.45) is 20.6. The Morgan fingerprint density at radius 2 is 0.733 bits per heavy atom. The van der Waals surface area contributed by atoms with Gasteiger partial charge in [0.2, 0.25) is 0 Å². The lowest BCUT2D eigenvalue weighted by Gasteiger charge is -2.20. The van der Waals surface area contributed by atoms with Crippen LogP contribution in [0.1, 0.15) is 80.1 Å². The Labute approximate surface area is 275 Å². The van der Waals surface area contributed by atoms with E-state index in [0.29, 0.717) is 0 Å². The molecule has 0 saturated heterocycles. The van der Waals surface area contributed by atoms with Crippen molar-refractivity contribution in [3.8, 4) is 0 Å². The molecule has 0 atom stereocenters. The summed E-state index contributed by atoms with van der Waals surface area (Å²) < 4.78 is 12.3. The third-order valence-electron chi connectivity index (χ3n) is 6.07. The van der Waals surface area contributed by atoms with Crippen molar-refractivity contribution in [2.24, 2.45) is 0 Å². The second-order valence-corrected chi connectivity index (χ2v) is 10.7. The summed E-state index contributed by atoms with van der Waals surface area (Å²) in [7, 11) is 10.3. The second kappa shape index (κ2) is 31.8. The van der Waals surface area contributed by atoms with Crippen molar-refractivity contribution in [1.29, 1.82) is 0 Å². The molecule has 12 nitrogen and oxygen atoms in total. The molecule has 12 heteroatoms. The average Bonchev–Trinajstić information content (AvgIpc) is 3.76. The number of rotatable bonds is 9. The first kappa shape index (κ1) is 45.9. The van der Waals surface area contributed by atoms with E-state index < -0.39 is 0 Å². The highest BCUT2D eigenvalue weighted by molar-refractivity contribution is 5.66. The molecular formula is C33H66N6O6. The van der Waals surface area contributed by atoms with Gasteiger partial charge in [0.1, 0.15) is 0 Å². The predicted octanol–water partition coefficient (Wildman–Crippen LogP) is 4.93. The van der Waals surface area contributed by atoms with Crippen LogP contribution in [0.3, 0.4) is 0 Å². The SMILES string of the molecule is CCCCN1C=CN(C)C1.CCCCN1C=CN(CCCC)C1.CN1C=CN(C)C1.COC(C)=O.COC(C)=O.COC(C)=O. The van der Waals surface area contributed by atoms with Crippen molar-refractivity contribution in [3.05, 3.63) is 37.2 Å². The number of esters is 3. The third-order valence-corrected chi connectivity index (χ3v) is 6.07. The van der Waals surface area contributed by atoms with Crippen LogP contribution in [0.2, 0.25) is 0 Å². The van der Waals surface area contributed by atoms with Crippen LogP contribution >= 0.6 is 0 Å². The molecule has 0 radical (unpaired) electrons. The number of carbonyl (C=O) groups is 3. The monoisotopic (exact) mass is 643 g/mol. The van der Waals surface area contributed by atoms with Gasteiger partial charge in [-0.15, -0.1) is 0 Å². The molecule has 3 heterocycles. The van der Waals surface area contributed by atoms with Gasteiger partial charge in [0.05, 0.1) is 41.3 Å². The molecule has 3 rings (SSSR count). The smallest absolute Gasteiger partial charge is 0.302 e. The summed E-state index contributed by atoms with van der Waals surface area (Å²) in [5.74, 6) is -0.736. The summed E-state index contributed by atoms with van der Waals surface area (Å²) in [6.45, 7) is 17.6. The Balaban J connectivity index is -0.000000494. The van der Waals surface area contributed by atoms with Crippen LogP contribution in [0, 0.1) is 0 Å². The van der Waals surface area contributed by atoms with Crippen molar-refractivity contribution in [3.63, 3.8) is 0 Å². The summed E-state index contributed by atoms with van der Waals surface area (Å²) in [5.41, 5.74) is 0. The zero-order chi connectivity index (χ0) is 35.0. The highest BCUT2D eigenvalue weighted by atomic mass is 16.5. The number of carbonyl (C=O) groups excluding carboxylic acids is 3. The van der Waals surface area contributed by atoms with Crippen molar-refractivity contribution in [1.82, 2.24) is 29.4 Å². The first-order valence-electron chi connectivity index (χ1n) is 15.8. The maximum Gasteiger partial charge on any atom is 0.302 e. The van der Waals surface area contributed by atoms with E-state index in [4.69, 9.17) is 0 Å². The summed E-state index contributed by atoms with van der Waals surface area (Å²) in [5, 5.41) is 0. The van der Waals surface area contributed by atoms with E-state index >= 15 is 0 Å². The number of ether oxygens (including phenoxy) is 3. The van der Waals surface area contributed by atoms with Crippen LogP contribution in [0.15, 0.2) is 37.2 Å². The van der Waals surface area contributed by atoms with Crippen molar-refractivity contribution in [2.45, 2.75) is 80.1 Å². The van der Waals surface area contributed by atoms with Gasteiger partial charge in [0, 0.05) is 98.7 Å². The fourth-order valence-corrected chi connectivity index (χ4v) is 3.30. The maximum absolute atomic E-state index is 9.59. The average molecular weight is 643 g/mol. The molecule has 0 aliphatic carbocycles. The predicted molar refractivity (Wildman–Crippen MR) is 183 cm³/mol. The van der Waals surface area contributed by atoms with Crippen LogP contribution in [0.5, 0.6) is 0 Å². The van der Waals surface area contributed by atoms with E-state index in [1.165, 1.54) is 100 Å². The van der Waals surface area contributed by atoms with Gasteiger partial charge in [-0.05, 0) is 19.3 Å². The number of methoxy groups -OCH3 is 3. The van der Waals surface area contributed by atoms with Crippen molar-refractivity contribution < 1.29 is 28.6 Å². The van der Waals surface area contributed by atoms with Gasteiger partial charge < -0.3 is 43.6 Å². The molecule has 0 amide bonds. The molecule has 0 N–H and O–H groups in total. The zero-order valence-corrected chi connectivity index (χ0v) is 30.6. The molecule has 0 saturated carbocycles. The van der Waals surface area contributed by atoms with E-state index in [1.54, 1.807) is 0 Å². The molecular weight excluding hydrogens is 576 g/mol. The maximum atomic E-state index is 9.59. The molecule has 0 aromatic rings. The zero-order valence-electron chi connectivity index (χ0n) is 30.6. The Morgan fingerprint density at radius 3 is 0.933 bits per heavy atom. The third kappa shape index (κ3) is 34.8. The fourth-order valence-electron chi connectivity index (χ4n) is 3.30. The first-order chi connectivity index (χ1) is 21.3. The van der Waals surface area contributed by atoms with Gasteiger partial charge in [-0.3, -0.25) is 14.4 Å². The van der Waals surface area contributed by atoms with E-state index in [0.717, 1.165) is 20.0 Å². The lowest BCUT2D eigenvalue weighted by Crippen LogP contribution is -2.26. The van der Waals surface area contributed by atoms with Crippen LogP contribution in [-0.4, -0.2) is 129 Å². The summed E-state index contributed by atoms with van der Waals surface area (Å²) in [4.78, 5) is 42.4. The van der Waals surface area contributed by atoms with E-state index in [1.807, 2.05) is 0 Å². The number of unbranched alkanes of at least 4 members (excludes halogenated alkanes) is 3. The van der Waals surface area contributed by atoms with Crippen molar-refractivity contribution >= 4 is 17.9 Å². The molecule has 3 aliphatic rings. The van der Waals surface area contributed by atoms with Gasteiger partial charge >= 0.3 is 17.9 Å². The molecule has 45 heavy (non-hydrogen) atoms. The Morgan fingerprint density at radius 1 is 0.489 bits per heavy atom.